The fourth-order valence-electron chi connectivity index (χ4n) is 4.87. The van der Waals surface area contributed by atoms with E-state index in [2.05, 4.69) is 4.74 Å². The highest BCUT2D eigenvalue weighted by molar-refractivity contribution is 6.35. The van der Waals surface area contributed by atoms with Crippen molar-refractivity contribution >= 4 is 34.1 Å². The SMILES string of the molecule is COC(=O)c1c(O)cc2cc3c(c(O)c2c1C)C(=O)C1(OC)C(=O)C=C(OC)C(O)C1(O)C3=O. The first-order valence-electron chi connectivity index (χ1n) is 9.89. The van der Waals surface area contributed by atoms with Crippen LogP contribution in [0.15, 0.2) is 24.0 Å². The summed E-state index contributed by atoms with van der Waals surface area (Å²) < 4.78 is 14.7. The van der Waals surface area contributed by atoms with Crippen LogP contribution in [-0.2, 0) is 19.0 Å². The number of Topliss-reactive ketones (excluding diaryl/α,β-unsaturated/α-hetero) is 2. The fraction of sp³-hybridized carbons (Fsp3) is 0.304. The van der Waals surface area contributed by atoms with Crippen molar-refractivity contribution in [2.24, 2.45) is 0 Å². The lowest BCUT2D eigenvalue weighted by atomic mass is 9.60. The normalized spacial score (nSPS) is 26.1. The number of aromatic hydroxyl groups is 2. The number of benzene rings is 2. The van der Waals surface area contributed by atoms with Crippen molar-refractivity contribution in [1.82, 2.24) is 0 Å². The summed E-state index contributed by atoms with van der Waals surface area (Å²) in [6.07, 6.45) is -1.43. The van der Waals surface area contributed by atoms with Gasteiger partial charge in [-0.15, -0.1) is 0 Å². The average Bonchev–Trinajstić information content (AvgIpc) is 2.79. The maximum atomic E-state index is 13.7. The second-order valence-electron chi connectivity index (χ2n) is 7.96. The molecule has 2 aromatic rings. The number of phenolic OH excluding ortho intramolecular Hbond substituents is 2. The molecule has 178 valence electrons. The molecule has 0 heterocycles. The van der Waals surface area contributed by atoms with Crippen molar-refractivity contribution in [3.63, 3.8) is 0 Å². The number of rotatable bonds is 3. The predicted molar refractivity (Wildman–Crippen MR) is 113 cm³/mol. The van der Waals surface area contributed by atoms with E-state index in [0.29, 0.717) is 0 Å². The third kappa shape index (κ3) is 2.45. The van der Waals surface area contributed by atoms with Gasteiger partial charge in [0.05, 0.1) is 19.8 Å². The number of carbonyl (C=O) groups is 4. The number of ether oxygens (including phenoxy) is 3. The topological polar surface area (TPSA) is 177 Å². The molecule has 4 rings (SSSR count). The van der Waals surface area contributed by atoms with Crippen LogP contribution < -0.4 is 0 Å². The van der Waals surface area contributed by atoms with Crippen LogP contribution in [0.4, 0.5) is 0 Å². The molecule has 3 unspecified atom stereocenters. The van der Waals surface area contributed by atoms with Crippen molar-refractivity contribution in [3.8, 4) is 11.5 Å². The molecular formula is C23H20O11. The molecule has 2 aromatic carbocycles. The first-order valence-corrected chi connectivity index (χ1v) is 9.89. The van der Waals surface area contributed by atoms with Crippen molar-refractivity contribution < 1.29 is 53.8 Å². The first kappa shape index (κ1) is 23.4. The number of phenols is 2. The summed E-state index contributed by atoms with van der Waals surface area (Å²) in [6, 6.07) is 2.16. The van der Waals surface area contributed by atoms with Gasteiger partial charge < -0.3 is 34.6 Å². The summed E-state index contributed by atoms with van der Waals surface area (Å²) in [5.74, 6) is -6.44. The number of esters is 1. The van der Waals surface area contributed by atoms with E-state index in [9.17, 15) is 39.6 Å². The van der Waals surface area contributed by atoms with Crippen LogP contribution in [-0.4, -0.2) is 82.4 Å². The molecule has 0 fully saturated rings. The maximum Gasteiger partial charge on any atom is 0.341 e. The number of methoxy groups -OCH3 is 3. The van der Waals surface area contributed by atoms with Gasteiger partial charge in [0.15, 0.2) is 6.10 Å². The van der Waals surface area contributed by atoms with Gasteiger partial charge in [-0.2, -0.15) is 0 Å². The van der Waals surface area contributed by atoms with E-state index in [1.807, 2.05) is 0 Å². The fourth-order valence-corrected chi connectivity index (χ4v) is 4.87. The molecular weight excluding hydrogens is 452 g/mol. The Morgan fingerprint density at radius 1 is 1.06 bits per heavy atom. The van der Waals surface area contributed by atoms with Crippen molar-refractivity contribution in [2.45, 2.75) is 24.2 Å². The second kappa shape index (κ2) is 7.35. The monoisotopic (exact) mass is 472 g/mol. The van der Waals surface area contributed by atoms with E-state index in [1.54, 1.807) is 0 Å². The summed E-state index contributed by atoms with van der Waals surface area (Å²) in [6.45, 7) is 1.38. The lowest BCUT2D eigenvalue weighted by molar-refractivity contribution is -0.180. The third-order valence-corrected chi connectivity index (χ3v) is 6.52. The Balaban J connectivity index is 2.14. The maximum absolute atomic E-state index is 13.7. The molecule has 3 atom stereocenters. The number of aliphatic hydroxyl groups is 2. The molecule has 4 N–H and O–H groups in total. The smallest absolute Gasteiger partial charge is 0.341 e. The van der Waals surface area contributed by atoms with Gasteiger partial charge in [-0.25, -0.2) is 4.79 Å². The molecule has 0 spiro atoms. The Morgan fingerprint density at radius 3 is 2.26 bits per heavy atom. The predicted octanol–water partition coefficient (Wildman–Crippen LogP) is 0.315. The molecule has 0 saturated carbocycles. The molecule has 0 saturated heterocycles. The van der Waals surface area contributed by atoms with E-state index in [1.165, 1.54) is 6.92 Å². The lowest BCUT2D eigenvalue weighted by Gasteiger charge is -2.49. The molecule has 11 nitrogen and oxygen atoms in total. The van der Waals surface area contributed by atoms with Crippen molar-refractivity contribution in [1.29, 1.82) is 0 Å². The van der Waals surface area contributed by atoms with Crippen LogP contribution in [0.1, 0.15) is 36.6 Å². The number of carbonyl (C=O) groups excluding carboxylic acids is 4. The highest BCUT2D eigenvalue weighted by atomic mass is 16.5. The number of aliphatic hydroxyl groups excluding tert-OH is 1. The van der Waals surface area contributed by atoms with Gasteiger partial charge in [0, 0.05) is 24.1 Å². The molecule has 0 bridgehead atoms. The Bertz CT molecular complexity index is 1350. The number of aryl methyl sites for hydroxylation is 1. The minimum absolute atomic E-state index is 0.0336. The van der Waals surface area contributed by atoms with Gasteiger partial charge in [0.25, 0.3) is 0 Å². The van der Waals surface area contributed by atoms with Crippen LogP contribution >= 0.6 is 0 Å². The lowest BCUT2D eigenvalue weighted by Crippen LogP contribution is -2.77. The van der Waals surface area contributed by atoms with Crippen LogP contribution in [0.3, 0.4) is 0 Å². The molecule has 0 aliphatic heterocycles. The zero-order chi connectivity index (χ0) is 25.3. The minimum Gasteiger partial charge on any atom is -0.507 e. The van der Waals surface area contributed by atoms with Crippen molar-refractivity contribution in [2.75, 3.05) is 21.3 Å². The number of fused-ring (bicyclic) bond motifs is 3. The Labute approximate surface area is 191 Å². The second-order valence-corrected chi connectivity index (χ2v) is 7.96. The summed E-state index contributed by atoms with van der Waals surface area (Å²) in [4.78, 5) is 52.4. The zero-order valence-corrected chi connectivity index (χ0v) is 18.5. The van der Waals surface area contributed by atoms with E-state index >= 15 is 0 Å². The average molecular weight is 472 g/mol. The number of hydrogen-bond acceptors (Lipinski definition) is 11. The highest BCUT2D eigenvalue weighted by Crippen LogP contribution is 2.50. The summed E-state index contributed by atoms with van der Waals surface area (Å²) in [7, 11) is 3.08. The first-order chi connectivity index (χ1) is 15.9. The van der Waals surface area contributed by atoms with E-state index in [-0.39, 0.29) is 21.9 Å². The van der Waals surface area contributed by atoms with Gasteiger partial charge in [0.1, 0.15) is 22.8 Å². The zero-order valence-electron chi connectivity index (χ0n) is 18.5. The number of ketones is 3. The largest absolute Gasteiger partial charge is 0.507 e. The van der Waals surface area contributed by atoms with E-state index < -0.39 is 69.0 Å². The number of hydrogen-bond donors (Lipinski definition) is 4. The molecule has 0 radical (unpaired) electrons. The van der Waals surface area contributed by atoms with Crippen LogP contribution in [0.2, 0.25) is 0 Å². The van der Waals surface area contributed by atoms with Gasteiger partial charge >= 0.3 is 5.97 Å². The van der Waals surface area contributed by atoms with E-state index in [0.717, 1.165) is 39.5 Å². The van der Waals surface area contributed by atoms with Gasteiger partial charge in [-0.05, 0) is 30.0 Å². The van der Waals surface area contributed by atoms with E-state index in [4.69, 9.17) is 9.47 Å². The quantitative estimate of drug-likeness (QED) is 0.357. The minimum atomic E-state index is -3.12. The molecule has 2 aliphatic rings. The van der Waals surface area contributed by atoms with Crippen molar-refractivity contribution in [3.05, 3.63) is 46.2 Å². The molecule has 0 aromatic heterocycles. The summed E-state index contributed by atoms with van der Waals surface area (Å²) in [5, 5.41) is 43.6. The van der Waals surface area contributed by atoms with Gasteiger partial charge in [-0.3, -0.25) is 14.4 Å². The Kier molecular flexibility index (Phi) is 5.05. The van der Waals surface area contributed by atoms with Gasteiger partial charge in [0.2, 0.25) is 28.6 Å². The molecule has 2 aliphatic carbocycles. The molecule has 11 heteroatoms. The molecule has 34 heavy (non-hydrogen) atoms. The third-order valence-electron chi connectivity index (χ3n) is 6.52. The van der Waals surface area contributed by atoms with Crippen LogP contribution in [0.25, 0.3) is 10.8 Å². The standard InChI is InChI=1S/C23H20O11/c1-8-14-9(6-11(24)15(8)21(30)33-3)5-10-16(17(14)26)20(29)23(34-4)13(25)7-12(32-2)19(28)22(23,31)18(10)27/h5-7,19,24,26,28,31H,1-4H3. The van der Waals surface area contributed by atoms with Crippen LogP contribution in [0.5, 0.6) is 11.5 Å². The van der Waals surface area contributed by atoms with Crippen LogP contribution in [0, 0.1) is 6.92 Å². The van der Waals surface area contributed by atoms with Gasteiger partial charge in [-0.1, -0.05) is 0 Å². The Morgan fingerprint density at radius 2 is 1.71 bits per heavy atom. The summed E-state index contributed by atoms with van der Waals surface area (Å²) in [5.41, 5.74) is -7.46. The molecule has 0 amide bonds. The summed E-state index contributed by atoms with van der Waals surface area (Å²) >= 11 is 0. The highest BCUT2D eigenvalue weighted by Gasteiger charge is 2.74. The Hall–Kier alpha value is -3.80.